The molecule has 0 radical (unpaired) electrons. The zero-order valence-electron chi connectivity index (χ0n) is 12.4. The molecule has 0 saturated carbocycles. The Morgan fingerprint density at radius 2 is 1.91 bits per heavy atom. The van der Waals surface area contributed by atoms with Crippen LogP contribution in [-0.4, -0.2) is 20.5 Å². The predicted molar refractivity (Wildman–Crippen MR) is 85.4 cm³/mol. The molecule has 0 aromatic carbocycles. The number of nitrogens with zero attached hydrogens (tertiary/aromatic N) is 3. The summed E-state index contributed by atoms with van der Waals surface area (Å²) in [6.07, 6.45) is 14.7. The molecule has 0 atom stereocenters. The van der Waals surface area contributed by atoms with Crippen LogP contribution in [0.1, 0.15) is 21.7 Å². The maximum Gasteiger partial charge on any atom is 0.261 e. The van der Waals surface area contributed by atoms with Crippen molar-refractivity contribution in [3.8, 4) is 0 Å². The van der Waals surface area contributed by atoms with E-state index in [1.54, 1.807) is 10.7 Å². The fourth-order valence-electron chi connectivity index (χ4n) is 2.28. The molecule has 22 heavy (non-hydrogen) atoms. The number of fused-ring (bicyclic) bond motifs is 1. The first-order valence-electron chi connectivity index (χ1n) is 7.00. The van der Waals surface area contributed by atoms with Gasteiger partial charge in [0.2, 0.25) is 0 Å². The second-order valence-corrected chi connectivity index (χ2v) is 5.04. The van der Waals surface area contributed by atoms with Gasteiger partial charge in [0.15, 0.2) is 5.65 Å². The zero-order valence-corrected chi connectivity index (χ0v) is 12.4. The molecule has 1 amide bonds. The summed E-state index contributed by atoms with van der Waals surface area (Å²) in [5.74, 6) is -0.221. The topological polar surface area (TPSA) is 59.3 Å². The van der Waals surface area contributed by atoms with Gasteiger partial charge in [-0.15, -0.1) is 0 Å². The maximum absolute atomic E-state index is 12.5. The van der Waals surface area contributed by atoms with E-state index in [1.165, 1.54) is 0 Å². The molecule has 0 unspecified atom stereocenters. The van der Waals surface area contributed by atoms with Gasteiger partial charge in [-0.1, -0.05) is 30.4 Å². The largest absolute Gasteiger partial charge is 0.322 e. The highest BCUT2D eigenvalue weighted by Gasteiger charge is 2.15. The highest BCUT2D eigenvalue weighted by molar-refractivity contribution is 6.00. The third kappa shape index (κ3) is 2.74. The number of aryl methyl sites for hydroxylation is 2. The summed E-state index contributed by atoms with van der Waals surface area (Å²) < 4.78 is 1.67. The van der Waals surface area contributed by atoms with Crippen molar-refractivity contribution in [2.75, 3.05) is 0 Å². The van der Waals surface area contributed by atoms with Crippen LogP contribution < -0.4 is 5.32 Å². The molecule has 0 saturated heterocycles. The summed E-state index contributed by atoms with van der Waals surface area (Å²) in [5, 5.41) is 7.11. The van der Waals surface area contributed by atoms with E-state index in [4.69, 9.17) is 0 Å². The Morgan fingerprint density at radius 1 is 1.14 bits per heavy atom. The standard InChI is InChI=1S/C17H16N4O/c1-12-10-13(2)21-16(19-12)15(11-18-21)17(22)20-14-8-6-4-3-5-7-9-14/h3-11H,1-2H3,(H,20,22)/b4-3-,5-3?,6-4?,7-5-,8-6-,9-7?,14-8?,14-9+. The summed E-state index contributed by atoms with van der Waals surface area (Å²) in [6, 6.07) is 1.93. The van der Waals surface area contributed by atoms with Gasteiger partial charge in [-0.25, -0.2) is 9.50 Å². The van der Waals surface area contributed by atoms with Crippen molar-refractivity contribution < 1.29 is 4.79 Å². The second-order valence-electron chi connectivity index (χ2n) is 5.04. The third-order valence-electron chi connectivity index (χ3n) is 3.28. The predicted octanol–water partition coefficient (Wildman–Crippen LogP) is 2.64. The fraction of sp³-hybridized carbons (Fsp3) is 0.118. The summed E-state index contributed by atoms with van der Waals surface area (Å²) >= 11 is 0. The molecule has 5 nitrogen and oxygen atoms in total. The fourth-order valence-corrected chi connectivity index (χ4v) is 2.28. The quantitative estimate of drug-likeness (QED) is 0.925. The lowest BCUT2D eigenvalue weighted by Gasteiger charge is -2.05. The molecule has 1 N–H and O–H groups in total. The van der Waals surface area contributed by atoms with Gasteiger partial charge in [0.25, 0.3) is 5.91 Å². The molecule has 0 fully saturated rings. The van der Waals surface area contributed by atoms with Gasteiger partial charge >= 0.3 is 0 Å². The number of nitrogens with one attached hydrogen (secondary N) is 1. The molecule has 0 spiro atoms. The van der Waals surface area contributed by atoms with Gasteiger partial charge in [-0.05, 0) is 32.1 Å². The molecule has 2 heterocycles. The minimum absolute atomic E-state index is 0.221. The lowest BCUT2D eigenvalue weighted by Crippen LogP contribution is -2.22. The van der Waals surface area contributed by atoms with E-state index in [0.717, 1.165) is 11.4 Å². The van der Waals surface area contributed by atoms with E-state index in [1.807, 2.05) is 62.4 Å². The van der Waals surface area contributed by atoms with Crippen LogP contribution >= 0.6 is 0 Å². The first kappa shape index (κ1) is 14.0. The number of aromatic nitrogens is 3. The smallest absolute Gasteiger partial charge is 0.261 e. The number of rotatable bonds is 2. The number of carbonyl (C=O) groups is 1. The van der Waals surface area contributed by atoms with Gasteiger partial charge < -0.3 is 5.32 Å². The number of carbonyl (C=O) groups excluding carboxylic acids is 1. The Morgan fingerprint density at radius 3 is 2.77 bits per heavy atom. The Hall–Kier alpha value is -2.95. The van der Waals surface area contributed by atoms with Crippen molar-refractivity contribution in [2.24, 2.45) is 0 Å². The lowest BCUT2D eigenvalue weighted by atomic mass is 10.2. The number of hydrogen-bond donors (Lipinski definition) is 1. The van der Waals surface area contributed by atoms with E-state index < -0.39 is 0 Å². The van der Waals surface area contributed by atoms with Crippen molar-refractivity contribution in [2.45, 2.75) is 13.8 Å². The molecule has 110 valence electrons. The van der Waals surface area contributed by atoms with Crippen LogP contribution in [0.2, 0.25) is 0 Å². The van der Waals surface area contributed by atoms with Crippen molar-refractivity contribution in [1.29, 1.82) is 0 Å². The van der Waals surface area contributed by atoms with Crippen LogP contribution in [0.5, 0.6) is 0 Å². The third-order valence-corrected chi connectivity index (χ3v) is 3.28. The van der Waals surface area contributed by atoms with Crippen LogP contribution in [0.4, 0.5) is 0 Å². The second kappa shape index (κ2) is 5.81. The summed E-state index contributed by atoms with van der Waals surface area (Å²) in [4.78, 5) is 16.9. The Bertz CT molecular complexity index is 853. The van der Waals surface area contributed by atoms with Crippen molar-refractivity contribution >= 4 is 11.6 Å². The van der Waals surface area contributed by atoms with Crippen LogP contribution in [-0.2, 0) is 0 Å². The Balaban J connectivity index is 1.93. The van der Waals surface area contributed by atoms with Crippen LogP contribution in [0.15, 0.2) is 60.5 Å². The highest BCUT2D eigenvalue weighted by atomic mass is 16.1. The monoisotopic (exact) mass is 292 g/mol. The summed E-state index contributed by atoms with van der Waals surface area (Å²) in [6.45, 7) is 3.84. The lowest BCUT2D eigenvalue weighted by molar-refractivity contribution is 0.0968. The van der Waals surface area contributed by atoms with E-state index in [9.17, 15) is 4.79 Å². The highest BCUT2D eigenvalue weighted by Crippen LogP contribution is 2.12. The minimum atomic E-state index is -0.221. The van der Waals surface area contributed by atoms with E-state index in [0.29, 0.717) is 16.9 Å². The molecule has 3 rings (SSSR count). The van der Waals surface area contributed by atoms with Crippen LogP contribution in [0, 0.1) is 13.8 Å². The van der Waals surface area contributed by atoms with E-state index in [-0.39, 0.29) is 5.91 Å². The average Bonchev–Trinajstić information content (AvgIpc) is 2.85. The van der Waals surface area contributed by atoms with Gasteiger partial charge in [0.05, 0.1) is 6.20 Å². The van der Waals surface area contributed by atoms with Gasteiger partial charge in [0, 0.05) is 17.1 Å². The van der Waals surface area contributed by atoms with Crippen molar-refractivity contribution in [3.05, 3.63) is 77.4 Å². The van der Waals surface area contributed by atoms with Gasteiger partial charge in [-0.3, -0.25) is 4.79 Å². The SMILES string of the molecule is Cc1cc(C)n2ncc(C(=O)NC3=C/C=C\C=C/C=C\3)c2n1. The van der Waals surface area contributed by atoms with Crippen LogP contribution in [0.3, 0.4) is 0 Å². The average molecular weight is 292 g/mol. The van der Waals surface area contributed by atoms with Crippen LogP contribution in [0.25, 0.3) is 5.65 Å². The first-order valence-corrected chi connectivity index (χ1v) is 7.00. The molecule has 0 aliphatic heterocycles. The molecular weight excluding hydrogens is 276 g/mol. The van der Waals surface area contributed by atoms with E-state index >= 15 is 0 Å². The number of hydrogen-bond acceptors (Lipinski definition) is 3. The molecule has 1 aliphatic carbocycles. The number of amides is 1. The van der Waals surface area contributed by atoms with E-state index in [2.05, 4.69) is 15.4 Å². The summed E-state index contributed by atoms with van der Waals surface area (Å²) in [5.41, 5.74) is 3.55. The first-order chi connectivity index (χ1) is 10.6. The molecule has 2 aromatic heterocycles. The van der Waals surface area contributed by atoms with Crippen molar-refractivity contribution in [3.63, 3.8) is 0 Å². The zero-order chi connectivity index (χ0) is 15.5. The van der Waals surface area contributed by atoms with Gasteiger partial charge in [-0.2, -0.15) is 5.10 Å². The Labute approximate surface area is 128 Å². The molecule has 2 aromatic rings. The Kier molecular flexibility index (Phi) is 3.70. The molecule has 0 bridgehead atoms. The maximum atomic E-state index is 12.5. The van der Waals surface area contributed by atoms with Gasteiger partial charge in [0.1, 0.15) is 5.56 Å². The number of allylic oxidation sites excluding steroid dienone is 7. The molecule has 1 aliphatic rings. The van der Waals surface area contributed by atoms with Crippen molar-refractivity contribution in [1.82, 2.24) is 19.9 Å². The normalized spacial score (nSPS) is 20.5. The molecule has 5 heteroatoms. The summed E-state index contributed by atoms with van der Waals surface area (Å²) in [7, 11) is 0. The minimum Gasteiger partial charge on any atom is -0.322 e. The molecular formula is C17H16N4O.